The van der Waals surface area contributed by atoms with Gasteiger partial charge in [0.15, 0.2) is 5.13 Å². The molecule has 1 amide bonds. The van der Waals surface area contributed by atoms with Crippen molar-refractivity contribution in [2.45, 2.75) is 0 Å². The highest BCUT2D eigenvalue weighted by atomic mass is 32.1. The van der Waals surface area contributed by atoms with E-state index in [4.69, 9.17) is 10.5 Å². The molecular formula is C19H19FN4O2S. The smallest absolute Gasteiger partial charge is 0.257 e. The number of halogens is 1. The minimum absolute atomic E-state index is 0.0841. The molecule has 140 valence electrons. The van der Waals surface area contributed by atoms with E-state index >= 15 is 0 Å². The Morgan fingerprint density at radius 1 is 1.22 bits per heavy atom. The standard InChI is InChI=1S/C19H19FN4O2S/c20-22-10-9-13(11-21)12-26-15-7-5-14(6-8-15)18(25)24-19-23-16-3-1-2-4-17(16)27-19/h1-9,22H,10-12,21H2,(H,23,24,25)/b13-9-. The van der Waals surface area contributed by atoms with Crippen molar-refractivity contribution in [2.24, 2.45) is 5.73 Å². The van der Waals surface area contributed by atoms with Gasteiger partial charge in [0, 0.05) is 18.7 Å². The maximum atomic E-state index is 12.4. The van der Waals surface area contributed by atoms with Gasteiger partial charge in [0.25, 0.3) is 5.91 Å². The van der Waals surface area contributed by atoms with Crippen molar-refractivity contribution < 1.29 is 14.0 Å². The highest BCUT2D eigenvalue weighted by molar-refractivity contribution is 7.22. The molecule has 0 aliphatic heterocycles. The molecule has 0 aliphatic carbocycles. The zero-order valence-corrected chi connectivity index (χ0v) is 15.3. The maximum Gasteiger partial charge on any atom is 0.257 e. The van der Waals surface area contributed by atoms with Gasteiger partial charge < -0.3 is 10.5 Å². The molecule has 4 N–H and O–H groups in total. The number of thiazole rings is 1. The number of hydrogen-bond donors (Lipinski definition) is 3. The second kappa shape index (κ2) is 9.22. The second-order valence-electron chi connectivity index (χ2n) is 5.66. The summed E-state index contributed by atoms with van der Waals surface area (Å²) in [5.74, 6) is 0.358. The van der Waals surface area contributed by atoms with Crippen molar-refractivity contribution in [3.05, 3.63) is 65.7 Å². The minimum atomic E-state index is -0.239. The summed E-state index contributed by atoms with van der Waals surface area (Å²) < 4.78 is 18.6. The van der Waals surface area contributed by atoms with Gasteiger partial charge in [-0.25, -0.2) is 4.98 Å². The summed E-state index contributed by atoms with van der Waals surface area (Å²) in [6, 6.07) is 14.5. The molecule has 8 heteroatoms. The molecule has 0 saturated carbocycles. The van der Waals surface area contributed by atoms with E-state index in [0.717, 1.165) is 15.8 Å². The van der Waals surface area contributed by atoms with Crippen LogP contribution < -0.4 is 21.3 Å². The first-order valence-electron chi connectivity index (χ1n) is 8.31. The van der Waals surface area contributed by atoms with Gasteiger partial charge in [-0.05, 0) is 42.0 Å². The fraction of sp³-hybridized carbons (Fsp3) is 0.158. The number of carbonyl (C=O) groups is 1. The van der Waals surface area contributed by atoms with Crippen LogP contribution in [0.2, 0.25) is 0 Å². The molecule has 6 nitrogen and oxygen atoms in total. The fourth-order valence-electron chi connectivity index (χ4n) is 2.36. The number of nitrogens with zero attached hydrogens (tertiary/aromatic N) is 1. The Kier molecular flexibility index (Phi) is 6.48. The molecular weight excluding hydrogens is 367 g/mol. The van der Waals surface area contributed by atoms with E-state index in [1.807, 2.05) is 24.3 Å². The van der Waals surface area contributed by atoms with Gasteiger partial charge in [-0.15, -0.1) is 4.48 Å². The first kappa shape index (κ1) is 19.0. The number of amides is 1. The summed E-state index contributed by atoms with van der Waals surface area (Å²) >= 11 is 1.43. The van der Waals surface area contributed by atoms with Crippen molar-refractivity contribution in [2.75, 3.05) is 25.0 Å². The summed E-state index contributed by atoms with van der Waals surface area (Å²) in [7, 11) is 0. The van der Waals surface area contributed by atoms with Crippen molar-refractivity contribution in [1.29, 1.82) is 0 Å². The maximum absolute atomic E-state index is 12.4. The van der Waals surface area contributed by atoms with Crippen LogP contribution in [-0.2, 0) is 0 Å². The first-order valence-corrected chi connectivity index (χ1v) is 9.12. The lowest BCUT2D eigenvalue weighted by atomic mass is 10.2. The van der Waals surface area contributed by atoms with Crippen molar-refractivity contribution >= 4 is 32.6 Å². The number of ether oxygens (including phenoxy) is 1. The van der Waals surface area contributed by atoms with E-state index < -0.39 is 0 Å². The number of rotatable bonds is 8. The van der Waals surface area contributed by atoms with Crippen molar-refractivity contribution in [3.8, 4) is 5.75 Å². The first-order chi connectivity index (χ1) is 13.2. The van der Waals surface area contributed by atoms with E-state index in [0.29, 0.717) is 16.4 Å². The molecule has 0 aliphatic rings. The molecule has 0 fully saturated rings. The van der Waals surface area contributed by atoms with E-state index in [1.165, 1.54) is 11.3 Å². The number of carbonyl (C=O) groups excluding carboxylic acids is 1. The van der Waals surface area contributed by atoms with E-state index in [9.17, 15) is 9.28 Å². The molecule has 1 heterocycles. The normalized spacial score (nSPS) is 11.6. The van der Waals surface area contributed by atoms with E-state index in [1.54, 1.807) is 35.9 Å². The average molecular weight is 386 g/mol. The summed E-state index contributed by atoms with van der Waals surface area (Å²) in [5.41, 5.74) is 9.26. The molecule has 0 unspecified atom stereocenters. The third-order valence-electron chi connectivity index (χ3n) is 3.79. The second-order valence-corrected chi connectivity index (χ2v) is 6.69. The van der Waals surface area contributed by atoms with Gasteiger partial charge >= 0.3 is 0 Å². The van der Waals surface area contributed by atoms with E-state index in [2.05, 4.69) is 10.3 Å². The lowest BCUT2D eigenvalue weighted by Crippen LogP contribution is -2.14. The van der Waals surface area contributed by atoms with Crippen LogP contribution in [0.4, 0.5) is 9.61 Å². The predicted octanol–water partition coefficient (Wildman–Crippen LogP) is 3.29. The lowest BCUT2D eigenvalue weighted by molar-refractivity contribution is 0.102. The summed E-state index contributed by atoms with van der Waals surface area (Å²) in [6.07, 6.45) is 1.64. The monoisotopic (exact) mass is 386 g/mol. The van der Waals surface area contributed by atoms with Crippen molar-refractivity contribution in [3.63, 3.8) is 0 Å². The molecule has 0 saturated heterocycles. The molecule has 3 rings (SSSR count). The van der Waals surface area contributed by atoms with Crippen molar-refractivity contribution in [1.82, 2.24) is 10.5 Å². The molecule has 0 spiro atoms. The Bertz CT molecular complexity index is 907. The number of aromatic nitrogens is 1. The van der Waals surface area contributed by atoms with Gasteiger partial charge in [-0.1, -0.05) is 29.5 Å². The number of para-hydroxylation sites is 1. The third-order valence-corrected chi connectivity index (χ3v) is 4.74. The van der Waals surface area contributed by atoms with Crippen LogP contribution in [0, 0.1) is 0 Å². The fourth-order valence-corrected chi connectivity index (χ4v) is 3.22. The van der Waals surface area contributed by atoms with Crippen LogP contribution in [0.3, 0.4) is 0 Å². The largest absolute Gasteiger partial charge is 0.489 e. The average Bonchev–Trinajstić information content (AvgIpc) is 3.10. The van der Waals surface area contributed by atoms with Gasteiger partial charge in [0.2, 0.25) is 0 Å². The number of hydrogen-bond acceptors (Lipinski definition) is 6. The predicted molar refractivity (Wildman–Crippen MR) is 106 cm³/mol. The van der Waals surface area contributed by atoms with E-state index in [-0.39, 0.29) is 25.6 Å². The van der Waals surface area contributed by atoms with Gasteiger partial charge in [0.1, 0.15) is 12.4 Å². The number of nitrogens with one attached hydrogen (secondary N) is 2. The van der Waals surface area contributed by atoms with Crippen LogP contribution in [0.25, 0.3) is 10.2 Å². The van der Waals surface area contributed by atoms with Crippen LogP contribution in [0.1, 0.15) is 10.4 Å². The number of anilines is 1. The Morgan fingerprint density at radius 3 is 2.70 bits per heavy atom. The van der Waals surface area contributed by atoms with Crippen LogP contribution in [-0.4, -0.2) is 30.6 Å². The minimum Gasteiger partial charge on any atom is -0.489 e. The van der Waals surface area contributed by atoms with Gasteiger partial charge in [-0.3, -0.25) is 10.1 Å². The zero-order chi connectivity index (χ0) is 19.1. The highest BCUT2D eigenvalue weighted by Crippen LogP contribution is 2.26. The molecule has 3 aromatic rings. The topological polar surface area (TPSA) is 89.3 Å². The van der Waals surface area contributed by atoms with Gasteiger partial charge in [-0.2, -0.15) is 5.54 Å². The zero-order valence-electron chi connectivity index (χ0n) is 14.4. The van der Waals surface area contributed by atoms with Crippen LogP contribution in [0.5, 0.6) is 5.75 Å². The molecule has 0 bridgehead atoms. The summed E-state index contributed by atoms with van der Waals surface area (Å²) in [4.78, 5) is 16.8. The van der Waals surface area contributed by atoms with Gasteiger partial charge in [0.05, 0.1) is 10.2 Å². The molecule has 0 radical (unpaired) electrons. The Hall–Kier alpha value is -2.81. The quantitative estimate of drug-likeness (QED) is 0.408. The number of nitrogens with two attached hydrogens (primary N) is 1. The van der Waals surface area contributed by atoms with Crippen LogP contribution in [0.15, 0.2) is 60.2 Å². The summed E-state index contributed by atoms with van der Waals surface area (Å²) in [6.45, 7) is 0.626. The Morgan fingerprint density at radius 2 is 2.00 bits per heavy atom. The Balaban J connectivity index is 1.60. The molecule has 2 aromatic carbocycles. The number of benzene rings is 2. The van der Waals surface area contributed by atoms with Crippen LogP contribution >= 0.6 is 11.3 Å². The molecule has 0 atom stereocenters. The molecule has 27 heavy (non-hydrogen) atoms. The molecule has 1 aromatic heterocycles. The SMILES string of the molecule is NC/C(=C/CNF)COc1ccc(C(=O)Nc2nc3ccccc3s2)cc1. The Labute approximate surface area is 159 Å². The lowest BCUT2D eigenvalue weighted by Gasteiger charge is -2.09. The summed E-state index contributed by atoms with van der Waals surface area (Å²) in [5, 5.41) is 3.37. The highest BCUT2D eigenvalue weighted by Gasteiger charge is 2.10. The third kappa shape index (κ3) is 5.10. The number of fused-ring (bicyclic) bond motifs is 1.